The van der Waals surface area contributed by atoms with Crippen molar-refractivity contribution in [2.24, 2.45) is 27.1 Å². The van der Waals surface area contributed by atoms with Gasteiger partial charge in [0.1, 0.15) is 35.4 Å². The molecule has 5 aromatic carbocycles. The van der Waals surface area contributed by atoms with E-state index in [2.05, 4.69) is 153 Å². The van der Waals surface area contributed by atoms with Crippen LogP contribution in [-0.4, -0.2) is 72.7 Å². The first kappa shape index (κ1) is 86.4. The average Bonchev–Trinajstić information content (AvgIpc) is 1.17. The predicted molar refractivity (Wildman–Crippen MR) is 501 cm³/mol. The molecule has 0 unspecified atom stereocenters. The maximum absolute atomic E-state index is 12.9. The number of aromatic nitrogens is 15. The van der Waals surface area contributed by atoms with Gasteiger partial charge in [0.15, 0.2) is 10.0 Å². The second-order valence-corrected chi connectivity index (χ2v) is 40.4. The molecule has 0 fully saturated rings. The monoisotopic (exact) mass is 1720 g/mol. The number of oxazole rings is 1. The lowest BCUT2D eigenvalue weighted by atomic mass is 9.85. The highest BCUT2D eigenvalue weighted by atomic mass is 32.1. The van der Waals surface area contributed by atoms with Gasteiger partial charge in [-0.1, -0.05) is 105 Å². The number of fused-ring (bicyclic) bond motifs is 10. The maximum Gasteiger partial charge on any atom is 0.273 e. The fourth-order valence-corrected chi connectivity index (χ4v) is 18.1. The molecule has 0 spiro atoms. The van der Waals surface area contributed by atoms with E-state index in [9.17, 15) is 24.0 Å². The highest BCUT2D eigenvalue weighted by Crippen LogP contribution is 2.35. The fourth-order valence-electron chi connectivity index (χ4n) is 16.2. The summed E-state index contributed by atoms with van der Waals surface area (Å²) in [4.78, 5) is 111. The molecule has 5 aliphatic rings. The third-order valence-electron chi connectivity index (χ3n) is 23.2. The standard InChI is InChI=1S/C22H21N3O.C20H19N3O2.3C20H19N3OS/c1-15-12-17(9-11-23-15)5-4-16-6-7-18-19(13-16)24-20-8-10-22(2,3)14-25(20)21(18)26;1-13-11-25-18(21-13)7-5-14-4-6-15-16(10-14)22-17-8-9-20(2,3)12-23(17)19(15)24;1-13-21-11-15(25-13)6-4-14-5-7-16-17(10-14)22-18-8-9-20(2,3)12-23(18)19(16)24;1-13-11-25-18(21-13)7-5-14-4-6-15-16(10-14)22-17-8-9-20(2,3)12-23(17)19(15)24;1-13-11-21-18(25-13)7-5-14-4-6-15-16(10-14)22-17-8-9-20(2,3)12-23(17)19(15)24/h6-7,9,11-13H,8,10,14H2,1-3H3;4,6,10-11H,8-9,12H2,1-3H3;5,7,10-11H,8-9,12H2,1-3H3;2*4,6,10-11H,8-9,12H2,1-3H3. The van der Waals surface area contributed by atoms with Crippen molar-refractivity contribution in [2.75, 3.05) is 0 Å². The van der Waals surface area contributed by atoms with E-state index in [-0.39, 0.29) is 54.9 Å². The van der Waals surface area contributed by atoms with Gasteiger partial charge in [-0.05, 0) is 221 Å². The second-order valence-electron chi connectivity index (χ2n) is 37.1. The van der Waals surface area contributed by atoms with Gasteiger partial charge in [-0.25, -0.2) is 44.9 Å². The molecule has 24 heteroatoms. The van der Waals surface area contributed by atoms with Crippen LogP contribution in [0.3, 0.4) is 0 Å². The molecule has 20 rings (SSSR count). The Bertz CT molecular complexity index is 6880. The zero-order valence-electron chi connectivity index (χ0n) is 73.7. The van der Waals surface area contributed by atoms with Crippen LogP contribution in [-0.2, 0) is 64.8 Å². The molecule has 5 aliphatic heterocycles. The lowest BCUT2D eigenvalue weighted by molar-refractivity contribution is 0.240. The van der Waals surface area contributed by atoms with E-state index >= 15 is 0 Å². The first-order chi connectivity index (χ1) is 60.1. The van der Waals surface area contributed by atoms with E-state index in [0.29, 0.717) is 38.3 Å². The van der Waals surface area contributed by atoms with Gasteiger partial charge in [0, 0.05) is 132 Å². The quantitative estimate of drug-likeness (QED) is 0.128. The van der Waals surface area contributed by atoms with Crippen molar-refractivity contribution in [1.29, 1.82) is 0 Å². The highest BCUT2D eigenvalue weighted by Gasteiger charge is 2.33. The summed E-state index contributed by atoms with van der Waals surface area (Å²) in [5.41, 5.74) is 12.5. The zero-order chi connectivity index (χ0) is 88.7. The minimum Gasteiger partial charge on any atom is -0.438 e. The van der Waals surface area contributed by atoms with Crippen molar-refractivity contribution >= 4 is 88.5 Å². The van der Waals surface area contributed by atoms with Crippen LogP contribution in [0.1, 0.15) is 212 Å². The topological polar surface area (TPSA) is 252 Å². The molecule has 21 nitrogen and oxygen atoms in total. The second kappa shape index (κ2) is 35.1. The molecule has 0 bridgehead atoms. The number of rotatable bonds is 0. The van der Waals surface area contributed by atoms with E-state index < -0.39 is 0 Å². The van der Waals surface area contributed by atoms with Crippen LogP contribution in [0.4, 0.5) is 0 Å². The van der Waals surface area contributed by atoms with Crippen molar-refractivity contribution < 1.29 is 4.42 Å². The molecule has 0 aliphatic carbocycles. The van der Waals surface area contributed by atoms with Crippen LogP contribution in [0.25, 0.3) is 54.5 Å². The summed E-state index contributed by atoms with van der Waals surface area (Å²) in [6, 6.07) is 32.0. The van der Waals surface area contributed by atoms with Crippen LogP contribution < -0.4 is 27.8 Å². The minimum absolute atomic E-state index is 0.0376. The summed E-state index contributed by atoms with van der Waals surface area (Å²) in [5.74, 6) is 35.7. The number of hydrogen-bond acceptors (Lipinski definition) is 19. The number of pyridine rings is 1. The number of nitrogens with zero attached hydrogens (tertiary/aromatic N) is 15. The molecule has 126 heavy (non-hydrogen) atoms. The SMILES string of the molecule is Cc1cc(C#Cc2ccc3c(=O)n4c(nc3c2)CCC(C)(C)C4)ccn1.Cc1cnc(C#Cc2ccc3c(=O)n4c(nc3c2)CCC(C)(C)C4)s1.Cc1coc(C#Cc2ccc3c(=O)n4c(nc3c2)CCC(C)(C)C4)n1.Cc1csc(C#Cc2ccc3c(=O)n4c(nc3c2)CCC(C)(C)C4)n1.Cc1ncc(C#Cc2ccc3c(=O)n4c(nc3c2)CCC(C)(C)C4)s1. The first-order valence-electron chi connectivity index (χ1n) is 42.5. The number of hydrogen-bond donors (Lipinski definition) is 0. The zero-order valence-corrected chi connectivity index (χ0v) is 76.1. The molecule has 15 aromatic rings. The van der Waals surface area contributed by atoms with Crippen molar-refractivity contribution in [3.63, 3.8) is 0 Å². The Balaban J connectivity index is 0.000000116. The molecule has 0 N–H and O–H groups in total. The van der Waals surface area contributed by atoms with E-state index in [4.69, 9.17) is 29.3 Å². The summed E-state index contributed by atoms with van der Waals surface area (Å²) in [5, 5.41) is 7.90. The number of benzene rings is 5. The molecular weight excluding hydrogens is 1630 g/mol. The smallest absolute Gasteiger partial charge is 0.273 e. The molecular formula is C102H97N15O6S3. The average molecular weight is 1730 g/mol. The predicted octanol–water partition coefficient (Wildman–Crippen LogP) is 17.1. The third-order valence-corrected chi connectivity index (χ3v) is 25.8. The largest absolute Gasteiger partial charge is 0.438 e. The van der Waals surface area contributed by atoms with Gasteiger partial charge in [0.25, 0.3) is 33.7 Å². The fraction of sp³-hybridized carbons (Fsp3) is 0.343. The van der Waals surface area contributed by atoms with Crippen LogP contribution >= 0.6 is 34.0 Å². The Morgan fingerprint density at radius 1 is 0.333 bits per heavy atom. The van der Waals surface area contributed by atoms with Gasteiger partial charge in [0.2, 0.25) is 0 Å². The third kappa shape index (κ3) is 20.1. The summed E-state index contributed by atoms with van der Waals surface area (Å²) < 4.78 is 14.4. The van der Waals surface area contributed by atoms with E-state index in [1.54, 1.807) is 41.3 Å². The maximum atomic E-state index is 12.9. The van der Waals surface area contributed by atoms with Gasteiger partial charge in [-0.15, -0.1) is 34.0 Å². The summed E-state index contributed by atoms with van der Waals surface area (Å²) in [6.45, 7) is 35.4. The van der Waals surface area contributed by atoms with E-state index in [0.717, 1.165) is 223 Å². The van der Waals surface area contributed by atoms with Crippen LogP contribution in [0.2, 0.25) is 0 Å². The minimum atomic E-state index is 0.0376. The molecule has 0 saturated carbocycles. The molecule has 634 valence electrons. The molecule has 0 amide bonds. The van der Waals surface area contributed by atoms with Gasteiger partial charge in [0.05, 0.1) is 76.3 Å². The van der Waals surface area contributed by atoms with Crippen molar-refractivity contribution in [1.82, 2.24) is 72.7 Å². The number of thiazole rings is 3. The lowest BCUT2D eigenvalue weighted by Crippen LogP contribution is -2.36. The highest BCUT2D eigenvalue weighted by molar-refractivity contribution is 7.12. The van der Waals surface area contributed by atoms with Gasteiger partial charge < -0.3 is 4.42 Å². The molecule has 10 aromatic heterocycles. The van der Waals surface area contributed by atoms with Crippen molar-refractivity contribution in [3.05, 3.63) is 295 Å². The van der Waals surface area contributed by atoms with Gasteiger partial charge in [-0.3, -0.25) is 51.8 Å². The van der Waals surface area contributed by atoms with E-state index in [1.807, 2.05) is 172 Å². The molecule has 0 atom stereocenters. The van der Waals surface area contributed by atoms with Gasteiger partial charge in [-0.2, -0.15) is 0 Å². The summed E-state index contributed by atoms with van der Waals surface area (Å²) in [6.07, 6.45) is 16.4. The summed E-state index contributed by atoms with van der Waals surface area (Å²) in [7, 11) is 0. The Kier molecular flexibility index (Phi) is 24.1. The summed E-state index contributed by atoms with van der Waals surface area (Å²) >= 11 is 4.70. The Hall–Kier alpha value is -13.2. The Morgan fingerprint density at radius 3 is 0.984 bits per heavy atom. The normalized spacial score (nSPS) is 15.4. The van der Waals surface area contributed by atoms with Crippen LogP contribution in [0, 0.1) is 121 Å². The lowest BCUT2D eigenvalue weighted by Gasteiger charge is -2.31. The molecule has 0 saturated heterocycles. The van der Waals surface area contributed by atoms with E-state index in [1.165, 1.54) is 11.3 Å². The first-order valence-corrected chi connectivity index (χ1v) is 45.0. The molecule has 15 heterocycles. The van der Waals surface area contributed by atoms with Crippen molar-refractivity contribution in [3.8, 4) is 59.2 Å². The Labute approximate surface area is 743 Å². The number of aryl methyl sites for hydroxylation is 10. The Morgan fingerprint density at radius 2 is 0.675 bits per heavy atom. The van der Waals surface area contributed by atoms with Crippen LogP contribution in [0.15, 0.2) is 162 Å². The van der Waals surface area contributed by atoms with Crippen molar-refractivity contribution in [2.45, 2.75) is 201 Å². The molecule has 0 radical (unpaired) electrons. The van der Waals surface area contributed by atoms with Crippen LogP contribution in [0.5, 0.6) is 0 Å². The van der Waals surface area contributed by atoms with Gasteiger partial charge >= 0.3 is 0 Å².